The van der Waals surface area contributed by atoms with Crippen molar-refractivity contribution in [2.24, 2.45) is 0 Å². The molecule has 0 saturated carbocycles. The van der Waals surface area contributed by atoms with Crippen molar-refractivity contribution >= 4 is 65.0 Å². The maximum absolute atomic E-state index is 5.80. The molecule has 0 saturated heterocycles. The Balaban J connectivity index is 2.44. The van der Waals surface area contributed by atoms with Crippen LogP contribution in [0.5, 0.6) is 0 Å². The largest absolute Gasteiger partial charge is 0.397 e. The third-order valence-electron chi connectivity index (χ3n) is 2.51. The Morgan fingerprint density at radius 2 is 1.78 bits per heavy atom. The molecule has 0 aliphatic rings. The van der Waals surface area contributed by atoms with E-state index in [0.717, 1.165) is 30.5 Å². The summed E-state index contributed by atoms with van der Waals surface area (Å²) in [7, 11) is 0. The number of pyridine rings is 1. The average Bonchev–Trinajstić information content (AvgIpc) is 2.34. The molecule has 1 aromatic carbocycles. The molecule has 0 unspecified atom stereocenters. The van der Waals surface area contributed by atoms with Crippen molar-refractivity contribution in [2.75, 3.05) is 11.1 Å². The van der Waals surface area contributed by atoms with Gasteiger partial charge < -0.3 is 11.1 Å². The lowest BCUT2D eigenvalue weighted by molar-refractivity contribution is 1.25. The molecule has 0 aliphatic heterocycles. The number of benzene rings is 1. The first-order valence-electron chi connectivity index (χ1n) is 5.12. The van der Waals surface area contributed by atoms with Crippen LogP contribution in [-0.2, 0) is 0 Å². The number of rotatable bonds is 2. The van der Waals surface area contributed by atoms with Gasteiger partial charge in [0.2, 0.25) is 0 Å². The standard InChI is InChI=1S/C12H10Br3N3/c1-6-9(16)5-17-12(10(6)15)18-11-7(13)3-2-4-8(11)14/h2-5H,16H2,1H3,(H,17,18). The van der Waals surface area contributed by atoms with Crippen LogP contribution in [-0.4, -0.2) is 4.98 Å². The Morgan fingerprint density at radius 3 is 2.39 bits per heavy atom. The Bertz CT molecular complexity index is 579. The number of para-hydroxylation sites is 1. The summed E-state index contributed by atoms with van der Waals surface area (Å²) in [4.78, 5) is 4.29. The van der Waals surface area contributed by atoms with Gasteiger partial charge in [0.25, 0.3) is 0 Å². The van der Waals surface area contributed by atoms with Gasteiger partial charge >= 0.3 is 0 Å². The highest BCUT2D eigenvalue weighted by atomic mass is 79.9. The normalized spacial score (nSPS) is 10.4. The molecule has 0 spiro atoms. The van der Waals surface area contributed by atoms with Crippen molar-refractivity contribution in [3.63, 3.8) is 0 Å². The third-order valence-corrected chi connectivity index (χ3v) is 4.80. The van der Waals surface area contributed by atoms with Crippen molar-refractivity contribution < 1.29 is 0 Å². The molecule has 3 N–H and O–H groups in total. The van der Waals surface area contributed by atoms with E-state index in [4.69, 9.17) is 5.73 Å². The lowest BCUT2D eigenvalue weighted by atomic mass is 10.2. The monoisotopic (exact) mass is 433 g/mol. The van der Waals surface area contributed by atoms with Gasteiger partial charge in [-0.1, -0.05) is 6.07 Å². The zero-order valence-electron chi connectivity index (χ0n) is 9.47. The first-order valence-corrected chi connectivity index (χ1v) is 7.50. The van der Waals surface area contributed by atoms with Crippen LogP contribution in [0.15, 0.2) is 37.8 Å². The van der Waals surface area contributed by atoms with Crippen LogP contribution < -0.4 is 11.1 Å². The summed E-state index contributed by atoms with van der Waals surface area (Å²) < 4.78 is 2.78. The first kappa shape index (κ1) is 13.8. The van der Waals surface area contributed by atoms with E-state index in [-0.39, 0.29) is 0 Å². The number of anilines is 3. The minimum atomic E-state index is 0.665. The van der Waals surface area contributed by atoms with Crippen molar-refractivity contribution in [3.05, 3.63) is 43.4 Å². The van der Waals surface area contributed by atoms with Gasteiger partial charge in [-0.2, -0.15) is 0 Å². The maximum Gasteiger partial charge on any atom is 0.145 e. The summed E-state index contributed by atoms with van der Waals surface area (Å²) in [5.41, 5.74) is 8.36. The molecule has 6 heteroatoms. The molecule has 1 heterocycles. The van der Waals surface area contributed by atoms with Gasteiger partial charge in [0, 0.05) is 8.95 Å². The molecular weight excluding hydrogens is 426 g/mol. The Hall–Kier alpha value is -0.590. The molecule has 0 fully saturated rings. The molecule has 94 valence electrons. The second-order valence-electron chi connectivity index (χ2n) is 3.72. The second kappa shape index (κ2) is 5.59. The van der Waals surface area contributed by atoms with E-state index in [2.05, 4.69) is 58.1 Å². The molecule has 3 nitrogen and oxygen atoms in total. The quantitative estimate of drug-likeness (QED) is 0.697. The molecule has 0 radical (unpaired) electrons. The summed E-state index contributed by atoms with van der Waals surface area (Å²) in [6.07, 6.45) is 1.65. The minimum Gasteiger partial charge on any atom is -0.397 e. The molecular formula is C12H10Br3N3. The fourth-order valence-electron chi connectivity index (χ4n) is 1.41. The number of nitrogens with one attached hydrogen (secondary N) is 1. The Kier molecular flexibility index (Phi) is 4.29. The average molecular weight is 436 g/mol. The molecule has 1 aromatic heterocycles. The van der Waals surface area contributed by atoms with E-state index in [9.17, 15) is 0 Å². The molecule has 0 atom stereocenters. The van der Waals surface area contributed by atoms with Gasteiger partial charge in [0.15, 0.2) is 0 Å². The summed E-state index contributed by atoms with van der Waals surface area (Å²) in [6.45, 7) is 1.95. The van der Waals surface area contributed by atoms with Crippen LogP contribution in [0.1, 0.15) is 5.56 Å². The van der Waals surface area contributed by atoms with Crippen LogP contribution in [0.2, 0.25) is 0 Å². The highest BCUT2D eigenvalue weighted by Gasteiger charge is 2.11. The molecule has 18 heavy (non-hydrogen) atoms. The van der Waals surface area contributed by atoms with E-state index in [1.807, 2.05) is 25.1 Å². The third kappa shape index (κ3) is 2.70. The number of nitrogen functional groups attached to an aromatic ring is 1. The molecule has 0 amide bonds. The summed E-state index contributed by atoms with van der Waals surface area (Å²) in [6, 6.07) is 5.88. The lowest BCUT2D eigenvalue weighted by Gasteiger charge is -2.13. The second-order valence-corrected chi connectivity index (χ2v) is 6.22. The molecule has 2 aromatic rings. The number of hydrogen-bond acceptors (Lipinski definition) is 3. The van der Waals surface area contributed by atoms with Gasteiger partial charge in [0.05, 0.1) is 22.0 Å². The number of aromatic nitrogens is 1. The number of nitrogens with two attached hydrogens (primary N) is 1. The van der Waals surface area contributed by atoms with E-state index in [0.29, 0.717) is 5.69 Å². The predicted octanol–water partition coefficient (Wildman–Crippen LogP) is 5.00. The Labute approximate surface area is 131 Å². The zero-order chi connectivity index (χ0) is 13.3. The van der Waals surface area contributed by atoms with Crippen LogP contribution in [0.3, 0.4) is 0 Å². The summed E-state index contributed by atoms with van der Waals surface area (Å²) in [5.74, 6) is 0.731. The zero-order valence-corrected chi connectivity index (χ0v) is 14.2. The van der Waals surface area contributed by atoms with Gasteiger partial charge in [-0.25, -0.2) is 4.98 Å². The number of nitrogens with zero attached hydrogens (tertiary/aromatic N) is 1. The fourth-order valence-corrected chi connectivity index (χ4v) is 3.04. The van der Waals surface area contributed by atoms with Crippen molar-refractivity contribution in [1.82, 2.24) is 4.98 Å². The van der Waals surface area contributed by atoms with Gasteiger partial charge in [-0.05, 0) is 72.4 Å². The fraction of sp³-hybridized carbons (Fsp3) is 0.0833. The highest BCUT2D eigenvalue weighted by Crippen LogP contribution is 2.36. The van der Waals surface area contributed by atoms with Gasteiger partial charge in [-0.3, -0.25) is 0 Å². The van der Waals surface area contributed by atoms with E-state index in [1.165, 1.54) is 0 Å². The minimum absolute atomic E-state index is 0.665. The van der Waals surface area contributed by atoms with E-state index in [1.54, 1.807) is 6.20 Å². The van der Waals surface area contributed by atoms with E-state index < -0.39 is 0 Å². The predicted molar refractivity (Wildman–Crippen MR) is 86.2 cm³/mol. The Morgan fingerprint density at radius 1 is 1.17 bits per heavy atom. The van der Waals surface area contributed by atoms with Crippen molar-refractivity contribution in [1.29, 1.82) is 0 Å². The highest BCUT2D eigenvalue weighted by molar-refractivity contribution is 9.11. The topological polar surface area (TPSA) is 50.9 Å². The van der Waals surface area contributed by atoms with Gasteiger partial charge in [-0.15, -0.1) is 0 Å². The van der Waals surface area contributed by atoms with Crippen LogP contribution in [0, 0.1) is 6.92 Å². The van der Waals surface area contributed by atoms with Crippen molar-refractivity contribution in [2.45, 2.75) is 6.92 Å². The summed E-state index contributed by atoms with van der Waals surface area (Å²) in [5, 5.41) is 3.27. The maximum atomic E-state index is 5.80. The van der Waals surface area contributed by atoms with Crippen LogP contribution in [0.4, 0.5) is 17.2 Å². The van der Waals surface area contributed by atoms with Crippen LogP contribution >= 0.6 is 47.8 Å². The summed E-state index contributed by atoms with van der Waals surface area (Å²) >= 11 is 10.5. The first-order chi connectivity index (χ1) is 8.50. The SMILES string of the molecule is Cc1c(N)cnc(Nc2c(Br)cccc2Br)c1Br. The van der Waals surface area contributed by atoms with E-state index >= 15 is 0 Å². The lowest BCUT2D eigenvalue weighted by Crippen LogP contribution is -2.00. The smallest absolute Gasteiger partial charge is 0.145 e. The molecule has 0 aliphatic carbocycles. The molecule has 2 rings (SSSR count). The van der Waals surface area contributed by atoms with Crippen LogP contribution in [0.25, 0.3) is 0 Å². The molecule has 0 bridgehead atoms. The number of halogens is 3. The number of hydrogen-bond donors (Lipinski definition) is 2. The van der Waals surface area contributed by atoms with Gasteiger partial charge in [0.1, 0.15) is 5.82 Å². The van der Waals surface area contributed by atoms with Crippen molar-refractivity contribution in [3.8, 4) is 0 Å².